The molecular formula is C19H20FN3O3. The van der Waals surface area contributed by atoms with E-state index in [0.717, 1.165) is 31.6 Å². The second kappa shape index (κ2) is 8.05. The number of non-ortho nitro benzene ring substituents is 1. The molecular weight excluding hydrogens is 337 g/mol. The van der Waals surface area contributed by atoms with E-state index in [-0.39, 0.29) is 17.4 Å². The molecule has 1 amide bonds. The molecule has 1 aliphatic rings. The molecule has 6 nitrogen and oxygen atoms in total. The third-order valence-corrected chi connectivity index (χ3v) is 4.52. The molecule has 136 valence electrons. The Bertz CT molecular complexity index is 778. The molecule has 0 aliphatic carbocycles. The van der Waals surface area contributed by atoms with Crippen molar-refractivity contribution in [3.8, 4) is 0 Å². The van der Waals surface area contributed by atoms with E-state index in [1.165, 1.54) is 36.4 Å². The van der Waals surface area contributed by atoms with Crippen molar-refractivity contribution in [1.82, 2.24) is 9.80 Å². The van der Waals surface area contributed by atoms with Crippen LogP contribution in [0.4, 0.5) is 10.1 Å². The van der Waals surface area contributed by atoms with Crippen LogP contribution < -0.4 is 0 Å². The Morgan fingerprint density at radius 1 is 1.00 bits per heavy atom. The van der Waals surface area contributed by atoms with Crippen LogP contribution in [0, 0.1) is 15.9 Å². The molecule has 2 aromatic carbocycles. The average Bonchev–Trinajstić information content (AvgIpc) is 2.89. The summed E-state index contributed by atoms with van der Waals surface area (Å²) in [5.74, 6) is -0.354. The van der Waals surface area contributed by atoms with Crippen LogP contribution in [-0.2, 0) is 6.54 Å². The molecule has 1 aliphatic heterocycles. The summed E-state index contributed by atoms with van der Waals surface area (Å²) in [7, 11) is 0. The van der Waals surface area contributed by atoms with Gasteiger partial charge in [-0.1, -0.05) is 12.1 Å². The Labute approximate surface area is 151 Å². The van der Waals surface area contributed by atoms with Gasteiger partial charge in [0, 0.05) is 50.4 Å². The number of carbonyl (C=O) groups excluding carboxylic acids is 1. The zero-order valence-corrected chi connectivity index (χ0v) is 14.3. The molecule has 1 saturated heterocycles. The van der Waals surface area contributed by atoms with Crippen LogP contribution in [0.25, 0.3) is 0 Å². The number of nitro benzene ring substituents is 1. The lowest BCUT2D eigenvalue weighted by atomic mass is 10.2. The van der Waals surface area contributed by atoms with Gasteiger partial charge in [0.05, 0.1) is 4.92 Å². The quantitative estimate of drug-likeness (QED) is 0.623. The monoisotopic (exact) mass is 357 g/mol. The van der Waals surface area contributed by atoms with Crippen molar-refractivity contribution in [2.45, 2.75) is 13.0 Å². The number of nitrogens with zero attached hydrogens (tertiary/aromatic N) is 3. The molecule has 2 aromatic rings. The molecule has 0 bridgehead atoms. The second-order valence-corrected chi connectivity index (χ2v) is 6.35. The van der Waals surface area contributed by atoms with Gasteiger partial charge in [-0.2, -0.15) is 0 Å². The van der Waals surface area contributed by atoms with E-state index in [0.29, 0.717) is 18.7 Å². The summed E-state index contributed by atoms with van der Waals surface area (Å²) >= 11 is 0. The van der Waals surface area contributed by atoms with Crippen molar-refractivity contribution in [3.63, 3.8) is 0 Å². The predicted molar refractivity (Wildman–Crippen MR) is 95.3 cm³/mol. The van der Waals surface area contributed by atoms with Crippen LogP contribution in [0.2, 0.25) is 0 Å². The fourth-order valence-corrected chi connectivity index (χ4v) is 3.09. The van der Waals surface area contributed by atoms with Gasteiger partial charge in [-0.25, -0.2) is 4.39 Å². The molecule has 0 radical (unpaired) electrons. The topological polar surface area (TPSA) is 66.7 Å². The summed E-state index contributed by atoms with van der Waals surface area (Å²) in [6.45, 7) is 3.56. The van der Waals surface area contributed by atoms with Crippen molar-refractivity contribution >= 4 is 11.6 Å². The van der Waals surface area contributed by atoms with E-state index in [1.54, 1.807) is 17.0 Å². The van der Waals surface area contributed by atoms with Crippen LogP contribution in [0.5, 0.6) is 0 Å². The summed E-state index contributed by atoms with van der Waals surface area (Å²) in [4.78, 5) is 26.9. The number of rotatable bonds is 4. The van der Waals surface area contributed by atoms with Crippen LogP contribution in [0.15, 0.2) is 48.5 Å². The fraction of sp³-hybridized carbons (Fsp3) is 0.316. The highest BCUT2D eigenvalue weighted by Gasteiger charge is 2.21. The van der Waals surface area contributed by atoms with E-state index in [4.69, 9.17) is 0 Å². The summed E-state index contributed by atoms with van der Waals surface area (Å²) in [5.41, 5.74) is 1.48. The number of benzene rings is 2. The first-order chi connectivity index (χ1) is 12.5. The number of hydrogen-bond donors (Lipinski definition) is 0. The van der Waals surface area contributed by atoms with Gasteiger partial charge in [-0.05, 0) is 36.2 Å². The van der Waals surface area contributed by atoms with Gasteiger partial charge in [0.25, 0.3) is 11.6 Å². The molecule has 0 saturated carbocycles. The van der Waals surface area contributed by atoms with E-state index in [9.17, 15) is 19.3 Å². The highest BCUT2D eigenvalue weighted by atomic mass is 19.1. The van der Waals surface area contributed by atoms with Gasteiger partial charge in [0.1, 0.15) is 5.82 Å². The van der Waals surface area contributed by atoms with E-state index in [2.05, 4.69) is 4.90 Å². The van der Waals surface area contributed by atoms with Gasteiger partial charge in [-0.15, -0.1) is 0 Å². The maximum Gasteiger partial charge on any atom is 0.269 e. The SMILES string of the molecule is O=C(c1ccc([N+](=O)[O-])cc1)N1CCCN(Cc2ccc(F)cc2)CC1. The average molecular weight is 357 g/mol. The third-order valence-electron chi connectivity index (χ3n) is 4.52. The Hall–Kier alpha value is -2.80. The molecule has 0 unspecified atom stereocenters. The number of carbonyl (C=O) groups is 1. The second-order valence-electron chi connectivity index (χ2n) is 6.35. The number of amides is 1. The molecule has 7 heteroatoms. The van der Waals surface area contributed by atoms with Crippen LogP contribution in [-0.4, -0.2) is 46.8 Å². The van der Waals surface area contributed by atoms with Crippen molar-refractivity contribution in [2.24, 2.45) is 0 Å². The van der Waals surface area contributed by atoms with Crippen LogP contribution >= 0.6 is 0 Å². The summed E-state index contributed by atoms with van der Waals surface area (Å²) in [6, 6.07) is 12.2. The summed E-state index contributed by atoms with van der Waals surface area (Å²) in [5, 5.41) is 10.7. The van der Waals surface area contributed by atoms with Gasteiger partial charge in [0.15, 0.2) is 0 Å². The lowest BCUT2D eigenvalue weighted by Crippen LogP contribution is -2.35. The molecule has 26 heavy (non-hydrogen) atoms. The standard InChI is InChI=1S/C19H20FN3O3/c20-17-6-2-15(3-7-17)14-21-10-1-11-22(13-12-21)19(24)16-4-8-18(9-5-16)23(25)26/h2-9H,1,10-14H2. The zero-order valence-electron chi connectivity index (χ0n) is 14.3. The fourth-order valence-electron chi connectivity index (χ4n) is 3.09. The molecule has 0 atom stereocenters. The number of halogens is 1. The lowest BCUT2D eigenvalue weighted by Gasteiger charge is -2.22. The Balaban J connectivity index is 1.59. The van der Waals surface area contributed by atoms with E-state index in [1.807, 2.05) is 0 Å². The smallest absolute Gasteiger partial charge is 0.269 e. The Kier molecular flexibility index (Phi) is 5.58. The van der Waals surface area contributed by atoms with Crippen LogP contribution in [0.3, 0.4) is 0 Å². The third kappa shape index (κ3) is 4.43. The highest BCUT2D eigenvalue weighted by Crippen LogP contribution is 2.16. The van der Waals surface area contributed by atoms with Crippen LogP contribution in [0.1, 0.15) is 22.3 Å². The molecule has 1 heterocycles. The predicted octanol–water partition coefficient (Wildman–Crippen LogP) is 3.08. The first-order valence-corrected chi connectivity index (χ1v) is 8.53. The van der Waals surface area contributed by atoms with Crippen molar-refractivity contribution < 1.29 is 14.1 Å². The van der Waals surface area contributed by atoms with Gasteiger partial charge >= 0.3 is 0 Å². The molecule has 1 fully saturated rings. The molecule has 0 N–H and O–H groups in total. The van der Waals surface area contributed by atoms with Gasteiger partial charge < -0.3 is 4.90 Å². The van der Waals surface area contributed by atoms with Crippen molar-refractivity contribution in [3.05, 3.63) is 75.6 Å². The van der Waals surface area contributed by atoms with E-state index < -0.39 is 4.92 Å². The number of hydrogen-bond acceptors (Lipinski definition) is 4. The molecule has 0 spiro atoms. The summed E-state index contributed by atoms with van der Waals surface area (Å²) in [6.07, 6.45) is 0.847. The van der Waals surface area contributed by atoms with E-state index >= 15 is 0 Å². The maximum absolute atomic E-state index is 13.0. The van der Waals surface area contributed by atoms with Gasteiger partial charge in [-0.3, -0.25) is 19.8 Å². The number of nitro groups is 1. The highest BCUT2D eigenvalue weighted by molar-refractivity contribution is 5.94. The van der Waals surface area contributed by atoms with Crippen molar-refractivity contribution in [2.75, 3.05) is 26.2 Å². The first-order valence-electron chi connectivity index (χ1n) is 8.53. The normalized spacial score (nSPS) is 15.5. The maximum atomic E-state index is 13.0. The minimum Gasteiger partial charge on any atom is -0.337 e. The molecule has 0 aromatic heterocycles. The van der Waals surface area contributed by atoms with Crippen molar-refractivity contribution in [1.29, 1.82) is 0 Å². The largest absolute Gasteiger partial charge is 0.337 e. The Morgan fingerprint density at radius 3 is 2.35 bits per heavy atom. The zero-order chi connectivity index (χ0) is 18.5. The lowest BCUT2D eigenvalue weighted by molar-refractivity contribution is -0.384. The minimum atomic E-state index is -0.479. The first kappa shape index (κ1) is 18.0. The molecule has 3 rings (SSSR count). The Morgan fingerprint density at radius 2 is 1.69 bits per heavy atom. The minimum absolute atomic E-state index is 0.0251. The summed E-state index contributed by atoms with van der Waals surface area (Å²) < 4.78 is 13.0. The van der Waals surface area contributed by atoms with Gasteiger partial charge in [0.2, 0.25) is 0 Å².